The van der Waals surface area contributed by atoms with Gasteiger partial charge in [-0.2, -0.15) is 0 Å². The fraction of sp³-hybridized carbons (Fsp3) is 0.0667. The van der Waals surface area contributed by atoms with Crippen LogP contribution in [0.5, 0.6) is 0 Å². The quantitative estimate of drug-likeness (QED) is 0.506. The third kappa shape index (κ3) is 1.97. The number of nitro benzene ring substituents is 1. The largest absolute Gasteiger partial charge is 0.464 e. The molecule has 0 atom stereocenters. The van der Waals surface area contributed by atoms with Crippen LogP contribution < -0.4 is 0 Å². The number of hydrogen-bond acceptors (Lipinski definition) is 3. The summed E-state index contributed by atoms with van der Waals surface area (Å²) in [5.74, 6) is 0.705. The number of benzene rings is 1. The van der Waals surface area contributed by atoms with Crippen LogP contribution in [0, 0.1) is 17.0 Å². The van der Waals surface area contributed by atoms with Crippen molar-refractivity contribution in [3.8, 4) is 22.5 Å². The first-order valence-corrected chi connectivity index (χ1v) is 5.88. The molecule has 0 fully saturated rings. The molecule has 1 aliphatic heterocycles. The highest BCUT2D eigenvalue weighted by Crippen LogP contribution is 2.32. The molecule has 1 aliphatic carbocycles. The van der Waals surface area contributed by atoms with Crippen molar-refractivity contribution in [1.29, 1.82) is 0 Å². The summed E-state index contributed by atoms with van der Waals surface area (Å²) >= 11 is 0. The van der Waals surface area contributed by atoms with Gasteiger partial charge in [0.05, 0.1) is 11.2 Å². The molecule has 1 aromatic carbocycles. The molecular weight excluding hydrogens is 242 g/mol. The van der Waals surface area contributed by atoms with Gasteiger partial charge >= 0.3 is 0 Å². The summed E-state index contributed by atoms with van der Waals surface area (Å²) in [6.07, 6.45) is 1.71. The van der Waals surface area contributed by atoms with Crippen molar-refractivity contribution < 1.29 is 9.34 Å². The molecule has 0 amide bonds. The summed E-state index contributed by atoms with van der Waals surface area (Å²) in [4.78, 5) is 10.2. The van der Waals surface area contributed by atoms with Crippen molar-refractivity contribution in [2.45, 2.75) is 6.92 Å². The molecule has 4 nitrogen and oxygen atoms in total. The van der Waals surface area contributed by atoms with E-state index in [4.69, 9.17) is 4.42 Å². The number of nitro groups is 1. The van der Waals surface area contributed by atoms with Gasteiger partial charge in [-0.15, -0.1) is 0 Å². The van der Waals surface area contributed by atoms with Gasteiger partial charge in [0.15, 0.2) is 0 Å². The van der Waals surface area contributed by atoms with Crippen LogP contribution in [0.3, 0.4) is 0 Å². The van der Waals surface area contributed by atoms with Gasteiger partial charge in [-0.05, 0) is 36.2 Å². The minimum atomic E-state index is -0.411. The van der Waals surface area contributed by atoms with Gasteiger partial charge in [0, 0.05) is 23.3 Å². The van der Waals surface area contributed by atoms with E-state index < -0.39 is 4.92 Å². The lowest BCUT2D eigenvalue weighted by Crippen LogP contribution is -1.87. The van der Waals surface area contributed by atoms with Crippen molar-refractivity contribution in [2.24, 2.45) is 0 Å². The molecule has 0 N–H and O–H groups in total. The van der Waals surface area contributed by atoms with Crippen LogP contribution in [-0.4, -0.2) is 4.92 Å². The maximum Gasteiger partial charge on any atom is 0.269 e. The summed E-state index contributed by atoms with van der Waals surface area (Å²) in [5.41, 5.74) is 4.29. The highest BCUT2D eigenvalue weighted by Gasteiger charge is 2.11. The molecule has 0 aromatic heterocycles. The van der Waals surface area contributed by atoms with Crippen LogP contribution in [0.2, 0.25) is 0 Å². The van der Waals surface area contributed by atoms with E-state index in [1.54, 1.807) is 18.4 Å². The lowest BCUT2D eigenvalue weighted by molar-refractivity contribution is -0.384. The third-order valence-corrected chi connectivity index (χ3v) is 3.20. The van der Waals surface area contributed by atoms with Gasteiger partial charge in [0.25, 0.3) is 5.69 Å². The molecule has 4 heteroatoms. The zero-order valence-corrected chi connectivity index (χ0v) is 10.3. The summed E-state index contributed by atoms with van der Waals surface area (Å²) in [5, 5.41) is 10.6. The molecule has 0 bridgehead atoms. The smallest absolute Gasteiger partial charge is 0.269 e. The highest BCUT2D eigenvalue weighted by atomic mass is 16.6. The Morgan fingerprint density at radius 2 is 1.74 bits per heavy atom. The predicted octanol–water partition coefficient (Wildman–Crippen LogP) is 4.27. The third-order valence-electron chi connectivity index (χ3n) is 3.20. The van der Waals surface area contributed by atoms with E-state index in [1.807, 2.05) is 25.1 Å². The summed E-state index contributed by atoms with van der Waals surface area (Å²) < 4.78 is 5.57. The molecule has 1 aromatic rings. The second kappa shape index (κ2) is 4.24. The normalized spacial score (nSPS) is 10.8. The highest BCUT2D eigenvalue weighted by molar-refractivity contribution is 5.74. The number of aryl methyl sites for hydroxylation is 1. The SMILES string of the molecule is Cc1ccc2coc(-c3ccc([N+](=O)[O-])cc3)cc1-2. The van der Waals surface area contributed by atoms with Crippen LogP contribution in [0.1, 0.15) is 5.56 Å². The molecule has 94 valence electrons. The maximum absolute atomic E-state index is 10.6. The van der Waals surface area contributed by atoms with Gasteiger partial charge in [-0.25, -0.2) is 0 Å². The van der Waals surface area contributed by atoms with E-state index in [-0.39, 0.29) is 5.69 Å². The zero-order valence-electron chi connectivity index (χ0n) is 10.3. The Morgan fingerprint density at radius 1 is 1.05 bits per heavy atom. The van der Waals surface area contributed by atoms with Crippen molar-refractivity contribution in [1.82, 2.24) is 0 Å². The van der Waals surface area contributed by atoms with Gasteiger partial charge in [-0.3, -0.25) is 10.1 Å². The van der Waals surface area contributed by atoms with E-state index in [0.717, 1.165) is 16.7 Å². The van der Waals surface area contributed by atoms with Gasteiger partial charge in [0.2, 0.25) is 0 Å². The van der Waals surface area contributed by atoms with E-state index in [9.17, 15) is 10.1 Å². The van der Waals surface area contributed by atoms with E-state index in [2.05, 4.69) is 0 Å². The molecule has 3 rings (SSSR count). The predicted molar refractivity (Wildman–Crippen MR) is 72.2 cm³/mol. The zero-order chi connectivity index (χ0) is 13.4. The standard InChI is InChI=1S/C15H11NO3/c1-10-2-3-12-9-19-15(8-14(10)12)11-4-6-13(7-5-11)16(17)18/h2-9H,1H3. The fourth-order valence-electron chi connectivity index (χ4n) is 2.11. The van der Waals surface area contributed by atoms with Crippen molar-refractivity contribution in [2.75, 3.05) is 0 Å². The van der Waals surface area contributed by atoms with Crippen LogP contribution in [0.15, 0.2) is 53.1 Å². The summed E-state index contributed by atoms with van der Waals surface area (Å²) in [6, 6.07) is 12.4. The molecule has 0 spiro atoms. The maximum atomic E-state index is 10.6. The minimum Gasteiger partial charge on any atom is -0.464 e. The lowest BCUT2D eigenvalue weighted by atomic mass is 10.1. The topological polar surface area (TPSA) is 56.3 Å². The molecular formula is C15H11NO3. The monoisotopic (exact) mass is 253 g/mol. The van der Waals surface area contributed by atoms with Crippen LogP contribution in [-0.2, 0) is 0 Å². The Labute approximate surface area is 109 Å². The van der Waals surface area contributed by atoms with Gasteiger partial charge < -0.3 is 4.42 Å². The number of fused-ring (bicyclic) bond motifs is 1. The second-order valence-corrected chi connectivity index (χ2v) is 4.43. The van der Waals surface area contributed by atoms with Gasteiger partial charge in [0.1, 0.15) is 5.76 Å². The molecule has 0 saturated heterocycles. The Kier molecular flexibility index (Phi) is 2.56. The average molecular weight is 253 g/mol. The Hall–Kier alpha value is -2.62. The number of hydrogen-bond donors (Lipinski definition) is 0. The van der Waals surface area contributed by atoms with Crippen LogP contribution >= 0.6 is 0 Å². The fourth-order valence-corrected chi connectivity index (χ4v) is 2.11. The minimum absolute atomic E-state index is 0.0781. The molecule has 1 heterocycles. The summed E-state index contributed by atoms with van der Waals surface area (Å²) in [6.45, 7) is 2.04. The lowest BCUT2D eigenvalue weighted by Gasteiger charge is -2.05. The van der Waals surface area contributed by atoms with E-state index in [0.29, 0.717) is 5.76 Å². The van der Waals surface area contributed by atoms with Crippen LogP contribution in [0.4, 0.5) is 5.69 Å². The number of nitrogens with zero attached hydrogens (tertiary/aromatic N) is 1. The van der Waals surface area contributed by atoms with Crippen molar-refractivity contribution in [3.05, 3.63) is 64.4 Å². The second-order valence-electron chi connectivity index (χ2n) is 4.43. The van der Waals surface area contributed by atoms with Crippen molar-refractivity contribution >= 4 is 5.69 Å². The molecule has 0 saturated carbocycles. The summed E-state index contributed by atoms with van der Waals surface area (Å²) in [7, 11) is 0. The van der Waals surface area contributed by atoms with Gasteiger partial charge in [-0.1, -0.05) is 12.1 Å². The molecule has 19 heavy (non-hydrogen) atoms. The first kappa shape index (κ1) is 11.5. The van der Waals surface area contributed by atoms with Crippen LogP contribution in [0.25, 0.3) is 22.5 Å². The Bertz CT molecular complexity index is 713. The first-order chi connectivity index (χ1) is 9.15. The average Bonchev–Trinajstić information content (AvgIpc) is 2.80. The molecule has 0 unspecified atom stereocenters. The van der Waals surface area contributed by atoms with E-state index in [1.165, 1.54) is 17.7 Å². The Balaban J connectivity index is 2.06. The number of non-ortho nitro benzene ring substituents is 1. The van der Waals surface area contributed by atoms with E-state index >= 15 is 0 Å². The first-order valence-electron chi connectivity index (χ1n) is 5.88. The number of rotatable bonds is 2. The molecule has 2 aliphatic rings. The molecule has 0 radical (unpaired) electrons. The van der Waals surface area contributed by atoms with Crippen molar-refractivity contribution in [3.63, 3.8) is 0 Å². The Morgan fingerprint density at radius 3 is 2.42 bits per heavy atom.